The van der Waals surface area contributed by atoms with Crippen molar-refractivity contribution < 1.29 is 4.74 Å². The third-order valence-electron chi connectivity index (χ3n) is 6.17. The summed E-state index contributed by atoms with van der Waals surface area (Å²) in [5.41, 5.74) is 5.57. The van der Waals surface area contributed by atoms with Crippen LogP contribution in [0.4, 0.5) is 0 Å². The topological polar surface area (TPSA) is 75.8 Å². The van der Waals surface area contributed by atoms with Crippen LogP contribution in [-0.2, 0) is 17.7 Å². The van der Waals surface area contributed by atoms with E-state index >= 15 is 0 Å². The Hall–Kier alpha value is -2.76. The second-order valence-corrected chi connectivity index (χ2v) is 10.9. The molecule has 5 rings (SSSR count). The van der Waals surface area contributed by atoms with Crippen molar-refractivity contribution in [3.8, 4) is 17.3 Å². The maximum Gasteiger partial charge on any atom is 0.120 e. The van der Waals surface area contributed by atoms with Gasteiger partial charge in [0.1, 0.15) is 18.1 Å². The first-order valence-corrected chi connectivity index (χ1v) is 12.5. The highest BCUT2D eigenvalue weighted by Gasteiger charge is 2.29. The van der Waals surface area contributed by atoms with Crippen molar-refractivity contribution in [1.29, 1.82) is 5.26 Å². The molecule has 0 saturated carbocycles. The van der Waals surface area contributed by atoms with Gasteiger partial charge >= 0.3 is 0 Å². The Kier molecular flexibility index (Phi) is 6.17. The van der Waals surface area contributed by atoms with Crippen LogP contribution in [0.3, 0.4) is 0 Å². The van der Waals surface area contributed by atoms with Gasteiger partial charge in [-0.15, -0.1) is 11.3 Å². The van der Waals surface area contributed by atoms with Crippen molar-refractivity contribution in [1.82, 2.24) is 19.9 Å². The number of nitriles is 1. The van der Waals surface area contributed by atoms with Gasteiger partial charge in [-0.25, -0.2) is 9.97 Å². The number of hydrogen-bond acceptors (Lipinski definition) is 6. The summed E-state index contributed by atoms with van der Waals surface area (Å²) in [6, 6.07) is 12.1. The molecule has 0 aliphatic carbocycles. The minimum Gasteiger partial charge on any atom is -0.369 e. The maximum atomic E-state index is 9.35. The highest BCUT2D eigenvalue weighted by atomic mass is 35.5. The molecular weight excluding hydrogens is 466 g/mol. The largest absolute Gasteiger partial charge is 0.369 e. The Bertz CT molecular complexity index is 1400. The highest BCUT2D eigenvalue weighted by molar-refractivity contribution is 7.19. The molecular formula is C26H26ClN5OS. The molecule has 6 nitrogen and oxygen atoms in total. The molecule has 0 unspecified atom stereocenters. The number of rotatable bonds is 5. The van der Waals surface area contributed by atoms with E-state index in [1.807, 2.05) is 35.0 Å². The molecule has 1 aliphatic rings. The lowest BCUT2D eigenvalue weighted by Gasteiger charge is -2.37. The van der Waals surface area contributed by atoms with Gasteiger partial charge in [0.2, 0.25) is 0 Å². The summed E-state index contributed by atoms with van der Waals surface area (Å²) in [4.78, 5) is 10.4. The van der Waals surface area contributed by atoms with Crippen molar-refractivity contribution in [2.45, 2.75) is 45.4 Å². The van der Waals surface area contributed by atoms with Gasteiger partial charge in [0.05, 0.1) is 34.2 Å². The molecule has 34 heavy (non-hydrogen) atoms. The number of benzene rings is 1. The normalized spacial score (nSPS) is 17.7. The van der Waals surface area contributed by atoms with Gasteiger partial charge in [-0.1, -0.05) is 11.6 Å². The average Bonchev–Trinajstić information content (AvgIpc) is 3.40. The van der Waals surface area contributed by atoms with Crippen molar-refractivity contribution in [3.63, 3.8) is 0 Å². The zero-order valence-electron chi connectivity index (χ0n) is 19.4. The van der Waals surface area contributed by atoms with Crippen LogP contribution in [0.15, 0.2) is 42.9 Å². The lowest BCUT2D eigenvalue weighted by Crippen LogP contribution is -2.51. The van der Waals surface area contributed by atoms with Crippen molar-refractivity contribution in [2.75, 3.05) is 13.1 Å². The van der Waals surface area contributed by atoms with E-state index in [2.05, 4.69) is 43.2 Å². The summed E-state index contributed by atoms with van der Waals surface area (Å²) in [5, 5.41) is 13.5. The fraction of sp³-hybridized carbons (Fsp3) is 0.346. The van der Waals surface area contributed by atoms with Crippen LogP contribution in [0, 0.1) is 18.3 Å². The van der Waals surface area contributed by atoms with Crippen LogP contribution < -0.4 is 5.32 Å². The van der Waals surface area contributed by atoms with Crippen LogP contribution in [0.5, 0.6) is 0 Å². The van der Waals surface area contributed by atoms with Gasteiger partial charge in [-0.05, 0) is 62.2 Å². The smallest absolute Gasteiger partial charge is 0.120 e. The van der Waals surface area contributed by atoms with Gasteiger partial charge < -0.3 is 14.6 Å². The fourth-order valence-corrected chi connectivity index (χ4v) is 6.05. The molecule has 8 heteroatoms. The minimum atomic E-state index is -0.199. The molecule has 0 spiro atoms. The van der Waals surface area contributed by atoms with Gasteiger partial charge in [-0.3, -0.25) is 0 Å². The summed E-state index contributed by atoms with van der Waals surface area (Å²) in [5.74, 6) is 0. The second kappa shape index (κ2) is 9.12. The molecule has 0 radical (unpaired) electrons. The average molecular weight is 492 g/mol. The Balaban J connectivity index is 1.55. The lowest BCUT2D eigenvalue weighted by molar-refractivity contribution is -0.0928. The van der Waals surface area contributed by atoms with Crippen LogP contribution in [0.1, 0.15) is 35.5 Å². The van der Waals surface area contributed by atoms with Crippen LogP contribution in [0.2, 0.25) is 5.02 Å². The Morgan fingerprint density at radius 3 is 2.97 bits per heavy atom. The van der Waals surface area contributed by atoms with Gasteiger partial charge in [0.15, 0.2) is 0 Å². The summed E-state index contributed by atoms with van der Waals surface area (Å²) in [6.07, 6.45) is 4.38. The predicted octanol–water partition coefficient (Wildman–Crippen LogP) is 5.35. The molecule has 0 bridgehead atoms. The standard InChI is InChI=1S/C26H26ClN5OS/c1-16-7-17(27)8-22(21(16)9-19-12-29-14-26(2,3)33-19)24-25-23(30-15-31-24)10-20(34-25)13-32-6-4-5-18(32)11-28/h4-8,10,15,19,29H,9,12-14H2,1-3H3/t19-/m1/s1. The van der Waals surface area contributed by atoms with E-state index in [-0.39, 0.29) is 11.7 Å². The van der Waals surface area contributed by atoms with E-state index in [0.29, 0.717) is 17.3 Å². The van der Waals surface area contributed by atoms with Gasteiger partial charge in [-0.2, -0.15) is 5.26 Å². The summed E-state index contributed by atoms with van der Waals surface area (Å²) in [6.45, 7) is 8.60. The van der Waals surface area contributed by atoms with E-state index < -0.39 is 0 Å². The molecule has 1 saturated heterocycles. The lowest BCUT2D eigenvalue weighted by atomic mass is 9.93. The number of thiophene rings is 1. The Labute approximate surface area is 208 Å². The van der Waals surface area contributed by atoms with Gasteiger partial charge in [0, 0.05) is 41.2 Å². The summed E-state index contributed by atoms with van der Waals surface area (Å²) >= 11 is 8.19. The number of halogens is 1. The van der Waals surface area contributed by atoms with Crippen molar-refractivity contribution in [3.05, 3.63) is 69.6 Å². The first-order valence-electron chi connectivity index (χ1n) is 11.3. The molecule has 1 atom stereocenters. The number of morpholine rings is 1. The van der Waals surface area contributed by atoms with Crippen LogP contribution in [-0.4, -0.2) is 39.3 Å². The molecule has 1 N–H and O–H groups in total. The van der Waals surface area contributed by atoms with Crippen LogP contribution in [0.25, 0.3) is 21.5 Å². The first-order chi connectivity index (χ1) is 16.3. The number of ether oxygens (including phenoxy) is 1. The number of hydrogen-bond donors (Lipinski definition) is 1. The molecule has 1 fully saturated rings. The third kappa shape index (κ3) is 4.59. The predicted molar refractivity (Wildman–Crippen MR) is 136 cm³/mol. The van der Waals surface area contributed by atoms with Gasteiger partial charge in [0.25, 0.3) is 0 Å². The third-order valence-corrected chi connectivity index (χ3v) is 7.50. The van der Waals surface area contributed by atoms with Crippen molar-refractivity contribution >= 4 is 33.2 Å². The molecule has 1 aromatic carbocycles. The zero-order chi connectivity index (χ0) is 23.9. The van der Waals surface area contributed by atoms with Crippen molar-refractivity contribution in [2.24, 2.45) is 0 Å². The molecule has 174 valence electrons. The second-order valence-electron chi connectivity index (χ2n) is 9.37. The van der Waals surface area contributed by atoms with E-state index in [4.69, 9.17) is 21.3 Å². The quantitative estimate of drug-likeness (QED) is 0.407. The molecule has 4 heterocycles. The summed E-state index contributed by atoms with van der Waals surface area (Å²) < 4.78 is 9.34. The summed E-state index contributed by atoms with van der Waals surface area (Å²) in [7, 11) is 0. The Morgan fingerprint density at radius 2 is 2.18 bits per heavy atom. The fourth-order valence-electron chi connectivity index (χ4n) is 4.66. The maximum absolute atomic E-state index is 9.35. The SMILES string of the molecule is Cc1cc(Cl)cc(-c2ncnc3cc(Cn4cccc4C#N)sc23)c1C[C@@H]1CNCC(C)(C)O1. The van der Waals surface area contributed by atoms with E-state index in [9.17, 15) is 5.26 Å². The number of nitrogens with zero attached hydrogens (tertiary/aromatic N) is 4. The van der Waals surface area contributed by atoms with E-state index in [1.54, 1.807) is 17.7 Å². The van der Waals surface area contributed by atoms with Crippen LogP contribution >= 0.6 is 22.9 Å². The first kappa shape index (κ1) is 23.0. The minimum absolute atomic E-state index is 0.0664. The molecule has 4 aromatic rings. The number of aromatic nitrogens is 3. The molecule has 0 amide bonds. The number of fused-ring (bicyclic) bond motifs is 1. The Morgan fingerprint density at radius 1 is 1.32 bits per heavy atom. The van der Waals surface area contributed by atoms with E-state index in [0.717, 1.165) is 51.4 Å². The number of nitrogens with one attached hydrogen (secondary N) is 1. The zero-order valence-corrected chi connectivity index (χ0v) is 21.0. The monoisotopic (exact) mass is 491 g/mol. The molecule has 1 aliphatic heterocycles. The van der Waals surface area contributed by atoms with E-state index in [1.165, 1.54) is 5.56 Å². The number of aryl methyl sites for hydroxylation is 1. The molecule has 3 aromatic heterocycles. The highest BCUT2D eigenvalue weighted by Crippen LogP contribution is 2.37.